The van der Waals surface area contributed by atoms with Gasteiger partial charge < -0.3 is 4.74 Å². The number of hydrogen-bond acceptors (Lipinski definition) is 2. The molecule has 0 aliphatic carbocycles. The molecule has 0 saturated heterocycles. The number of nitrogens with zero attached hydrogens (tertiary/aromatic N) is 2. The highest BCUT2D eigenvalue weighted by Gasteiger charge is 2.21. The fraction of sp³-hybridized carbons (Fsp3) is 0.500. The van der Waals surface area contributed by atoms with E-state index >= 15 is 0 Å². The average Bonchev–Trinajstić information content (AvgIpc) is 2.76. The predicted octanol–water partition coefficient (Wildman–Crippen LogP) is 4.74. The SMILES string of the molecule is Cc1ccc(Cc2c(OC(C)C)nn(C(C)C)c2C)c(F)c1F. The van der Waals surface area contributed by atoms with E-state index < -0.39 is 11.6 Å². The van der Waals surface area contributed by atoms with Crippen LogP contribution in [-0.2, 0) is 6.42 Å². The Morgan fingerprint density at radius 1 is 1.09 bits per heavy atom. The standard InChI is InChI=1S/C18H24F2N2O/c1-10(2)22-13(6)15(18(21-22)23-11(3)4)9-14-8-7-12(5)16(19)17(14)20/h7-8,10-11H,9H2,1-6H3. The molecule has 0 N–H and O–H groups in total. The molecule has 0 fully saturated rings. The van der Waals surface area contributed by atoms with Crippen molar-refractivity contribution < 1.29 is 13.5 Å². The molecule has 126 valence electrons. The summed E-state index contributed by atoms with van der Waals surface area (Å²) in [4.78, 5) is 0. The second kappa shape index (κ2) is 6.69. The fourth-order valence-corrected chi connectivity index (χ4v) is 2.56. The second-order valence-corrected chi connectivity index (χ2v) is 6.42. The highest BCUT2D eigenvalue weighted by atomic mass is 19.2. The Balaban J connectivity index is 2.48. The number of hydrogen-bond donors (Lipinski definition) is 0. The van der Waals surface area contributed by atoms with Crippen LogP contribution in [0, 0.1) is 25.5 Å². The quantitative estimate of drug-likeness (QED) is 0.795. The normalized spacial score (nSPS) is 11.6. The van der Waals surface area contributed by atoms with Crippen molar-refractivity contribution in [1.82, 2.24) is 9.78 Å². The van der Waals surface area contributed by atoms with Crippen LogP contribution < -0.4 is 4.74 Å². The van der Waals surface area contributed by atoms with E-state index in [1.54, 1.807) is 19.1 Å². The van der Waals surface area contributed by atoms with Crippen molar-refractivity contribution in [2.75, 3.05) is 0 Å². The molecule has 1 heterocycles. The third-order valence-electron chi connectivity index (χ3n) is 3.80. The van der Waals surface area contributed by atoms with Crippen LogP contribution in [0.25, 0.3) is 0 Å². The van der Waals surface area contributed by atoms with Gasteiger partial charge in [0.1, 0.15) is 0 Å². The number of ether oxygens (including phenoxy) is 1. The zero-order chi connectivity index (χ0) is 17.3. The van der Waals surface area contributed by atoms with Crippen molar-refractivity contribution in [1.29, 1.82) is 0 Å². The molecule has 2 aromatic rings. The Morgan fingerprint density at radius 2 is 1.74 bits per heavy atom. The summed E-state index contributed by atoms with van der Waals surface area (Å²) in [6.45, 7) is 11.4. The molecule has 0 amide bonds. The van der Waals surface area contributed by atoms with Gasteiger partial charge in [-0.2, -0.15) is 0 Å². The minimum Gasteiger partial charge on any atom is -0.474 e. The van der Waals surface area contributed by atoms with Crippen LogP contribution in [0.5, 0.6) is 5.88 Å². The average molecular weight is 322 g/mol. The first-order valence-corrected chi connectivity index (χ1v) is 7.90. The third kappa shape index (κ3) is 3.54. The van der Waals surface area contributed by atoms with Crippen LogP contribution in [0.2, 0.25) is 0 Å². The van der Waals surface area contributed by atoms with E-state index in [2.05, 4.69) is 5.10 Å². The number of benzene rings is 1. The van der Waals surface area contributed by atoms with Crippen LogP contribution in [0.3, 0.4) is 0 Å². The van der Waals surface area contributed by atoms with Crippen LogP contribution >= 0.6 is 0 Å². The second-order valence-electron chi connectivity index (χ2n) is 6.42. The van der Waals surface area contributed by atoms with Crippen LogP contribution in [0.4, 0.5) is 8.78 Å². The van der Waals surface area contributed by atoms with Gasteiger partial charge in [0, 0.05) is 23.7 Å². The number of aryl methyl sites for hydroxylation is 1. The van der Waals surface area contributed by atoms with E-state index in [1.165, 1.54) is 0 Å². The molecule has 0 bridgehead atoms. The highest BCUT2D eigenvalue weighted by Crippen LogP contribution is 2.29. The molecule has 0 aliphatic rings. The summed E-state index contributed by atoms with van der Waals surface area (Å²) >= 11 is 0. The number of aromatic nitrogens is 2. The Kier molecular flexibility index (Phi) is 5.07. The monoisotopic (exact) mass is 322 g/mol. The predicted molar refractivity (Wildman–Crippen MR) is 87.0 cm³/mol. The van der Waals surface area contributed by atoms with E-state index in [4.69, 9.17) is 4.74 Å². The molecule has 2 rings (SSSR count). The van der Waals surface area contributed by atoms with E-state index in [0.717, 1.165) is 11.3 Å². The Morgan fingerprint density at radius 3 is 2.30 bits per heavy atom. The van der Waals surface area contributed by atoms with Gasteiger partial charge in [-0.1, -0.05) is 12.1 Å². The fourth-order valence-electron chi connectivity index (χ4n) is 2.56. The Labute approximate surface area is 136 Å². The molecule has 0 atom stereocenters. The molecule has 0 radical (unpaired) electrons. The number of rotatable bonds is 5. The van der Waals surface area contributed by atoms with Crippen LogP contribution in [0.1, 0.15) is 56.1 Å². The number of halogens is 2. The Bertz CT molecular complexity index is 706. The van der Waals surface area contributed by atoms with Gasteiger partial charge in [0.25, 0.3) is 0 Å². The van der Waals surface area contributed by atoms with Gasteiger partial charge in [0.2, 0.25) is 5.88 Å². The third-order valence-corrected chi connectivity index (χ3v) is 3.80. The molecule has 0 spiro atoms. The summed E-state index contributed by atoms with van der Waals surface area (Å²) in [6.07, 6.45) is 0.215. The summed E-state index contributed by atoms with van der Waals surface area (Å²) in [5, 5.41) is 4.49. The molecule has 0 saturated carbocycles. The van der Waals surface area contributed by atoms with Gasteiger partial charge in [-0.15, -0.1) is 5.10 Å². The van der Waals surface area contributed by atoms with Crippen molar-refractivity contribution in [3.8, 4) is 5.88 Å². The lowest BCUT2D eigenvalue weighted by molar-refractivity contribution is 0.227. The van der Waals surface area contributed by atoms with Gasteiger partial charge >= 0.3 is 0 Å². The lowest BCUT2D eigenvalue weighted by atomic mass is 10.0. The first kappa shape index (κ1) is 17.4. The minimum absolute atomic E-state index is 0.0386. The van der Waals surface area contributed by atoms with Gasteiger partial charge in [0.15, 0.2) is 11.6 Å². The van der Waals surface area contributed by atoms with Crippen molar-refractivity contribution in [2.24, 2.45) is 0 Å². The van der Waals surface area contributed by atoms with E-state index in [0.29, 0.717) is 17.0 Å². The zero-order valence-electron chi connectivity index (χ0n) is 14.6. The summed E-state index contributed by atoms with van der Waals surface area (Å²) in [5.41, 5.74) is 2.33. The Hall–Kier alpha value is -1.91. The molecule has 0 aliphatic heterocycles. The topological polar surface area (TPSA) is 27.1 Å². The van der Waals surface area contributed by atoms with E-state index in [1.807, 2.05) is 39.3 Å². The van der Waals surface area contributed by atoms with E-state index in [9.17, 15) is 8.78 Å². The van der Waals surface area contributed by atoms with Crippen LogP contribution in [0.15, 0.2) is 12.1 Å². The van der Waals surface area contributed by atoms with Gasteiger partial charge in [-0.05, 0) is 52.7 Å². The maximum atomic E-state index is 14.2. The first-order valence-electron chi connectivity index (χ1n) is 7.90. The van der Waals surface area contributed by atoms with Crippen LogP contribution in [-0.4, -0.2) is 15.9 Å². The molecule has 1 aromatic carbocycles. The van der Waals surface area contributed by atoms with Gasteiger partial charge in [-0.3, -0.25) is 4.68 Å². The van der Waals surface area contributed by atoms with Gasteiger partial charge in [-0.25, -0.2) is 8.78 Å². The maximum absolute atomic E-state index is 14.2. The molecule has 3 nitrogen and oxygen atoms in total. The molecule has 23 heavy (non-hydrogen) atoms. The molecule has 1 aromatic heterocycles. The van der Waals surface area contributed by atoms with Crippen molar-refractivity contribution in [3.63, 3.8) is 0 Å². The summed E-state index contributed by atoms with van der Waals surface area (Å²) in [5.74, 6) is -1.09. The summed E-state index contributed by atoms with van der Waals surface area (Å²) < 4.78 is 35.6. The largest absolute Gasteiger partial charge is 0.474 e. The lowest BCUT2D eigenvalue weighted by Crippen LogP contribution is -2.08. The lowest BCUT2D eigenvalue weighted by Gasteiger charge is -2.10. The smallest absolute Gasteiger partial charge is 0.236 e. The summed E-state index contributed by atoms with van der Waals surface area (Å²) in [6, 6.07) is 3.38. The van der Waals surface area contributed by atoms with Crippen molar-refractivity contribution in [2.45, 2.75) is 60.1 Å². The highest BCUT2D eigenvalue weighted by molar-refractivity contribution is 5.38. The zero-order valence-corrected chi connectivity index (χ0v) is 14.6. The van der Waals surface area contributed by atoms with Crippen molar-refractivity contribution in [3.05, 3.63) is 46.2 Å². The molecular formula is C18H24F2N2O. The molecule has 0 unspecified atom stereocenters. The van der Waals surface area contributed by atoms with Crippen molar-refractivity contribution >= 4 is 0 Å². The summed E-state index contributed by atoms with van der Waals surface area (Å²) in [7, 11) is 0. The molecular weight excluding hydrogens is 298 g/mol. The minimum atomic E-state index is -0.794. The van der Waals surface area contributed by atoms with E-state index in [-0.39, 0.29) is 18.6 Å². The van der Waals surface area contributed by atoms with Gasteiger partial charge in [0.05, 0.1) is 6.10 Å². The first-order chi connectivity index (χ1) is 10.7. The molecule has 5 heteroatoms. The maximum Gasteiger partial charge on any atom is 0.236 e.